The van der Waals surface area contributed by atoms with E-state index < -0.39 is 0 Å². The highest BCUT2D eigenvalue weighted by Crippen LogP contribution is 2.29. The first-order valence-electron chi connectivity index (χ1n) is 10.1. The van der Waals surface area contributed by atoms with E-state index in [1.54, 1.807) is 13.3 Å². The van der Waals surface area contributed by atoms with Crippen LogP contribution in [0.25, 0.3) is 16.6 Å². The van der Waals surface area contributed by atoms with Gasteiger partial charge in [0.1, 0.15) is 17.7 Å². The van der Waals surface area contributed by atoms with Gasteiger partial charge in [-0.3, -0.25) is 0 Å². The third-order valence-corrected chi connectivity index (χ3v) is 5.61. The fourth-order valence-corrected chi connectivity index (χ4v) is 4.04. The standard InChI is InChI=1S/C22H25N5O2/c1-28-16-15-25-13-9-18-19(25)3-2-4-20(18)29-17-7-11-26(12-8-17)22-6-5-21-23-10-14-27(21)24-22/h2-6,9-10,13-14,17H,7-8,11-12,15-16H2,1H3. The van der Waals surface area contributed by atoms with Crippen molar-refractivity contribution in [2.75, 3.05) is 31.7 Å². The van der Waals surface area contributed by atoms with E-state index in [0.717, 1.165) is 49.7 Å². The number of hydrogen-bond acceptors (Lipinski definition) is 5. The Kier molecular flexibility index (Phi) is 4.81. The molecule has 1 aromatic carbocycles. The van der Waals surface area contributed by atoms with Crippen molar-refractivity contribution in [1.29, 1.82) is 0 Å². The van der Waals surface area contributed by atoms with E-state index in [2.05, 4.69) is 50.0 Å². The molecule has 4 heterocycles. The van der Waals surface area contributed by atoms with Crippen LogP contribution >= 0.6 is 0 Å². The van der Waals surface area contributed by atoms with Crippen molar-refractivity contribution in [3.05, 3.63) is 55.0 Å². The van der Waals surface area contributed by atoms with Crippen molar-refractivity contribution in [3.63, 3.8) is 0 Å². The molecule has 0 atom stereocenters. The molecule has 1 saturated heterocycles. The lowest BCUT2D eigenvalue weighted by atomic mass is 10.1. The Morgan fingerprint density at radius 3 is 2.83 bits per heavy atom. The predicted octanol–water partition coefficient (Wildman–Crippen LogP) is 3.38. The van der Waals surface area contributed by atoms with Gasteiger partial charge >= 0.3 is 0 Å². The number of piperidine rings is 1. The smallest absolute Gasteiger partial charge is 0.153 e. The van der Waals surface area contributed by atoms with Crippen molar-refractivity contribution in [2.24, 2.45) is 0 Å². The molecule has 0 aliphatic carbocycles. The Morgan fingerprint density at radius 1 is 1.07 bits per heavy atom. The summed E-state index contributed by atoms with van der Waals surface area (Å²) < 4.78 is 15.7. The van der Waals surface area contributed by atoms with Gasteiger partial charge in [0.25, 0.3) is 0 Å². The fraction of sp³-hybridized carbons (Fsp3) is 0.364. The van der Waals surface area contributed by atoms with Crippen LogP contribution in [0.15, 0.2) is 55.0 Å². The number of anilines is 1. The third kappa shape index (κ3) is 3.53. The van der Waals surface area contributed by atoms with E-state index in [1.165, 1.54) is 10.9 Å². The Labute approximate surface area is 169 Å². The molecule has 0 saturated carbocycles. The molecule has 1 fully saturated rings. The first-order valence-corrected chi connectivity index (χ1v) is 10.1. The first-order chi connectivity index (χ1) is 14.3. The Bertz CT molecular complexity index is 1110. The van der Waals surface area contributed by atoms with E-state index in [4.69, 9.17) is 9.47 Å². The van der Waals surface area contributed by atoms with E-state index in [0.29, 0.717) is 6.61 Å². The highest BCUT2D eigenvalue weighted by atomic mass is 16.5. The van der Waals surface area contributed by atoms with E-state index in [9.17, 15) is 0 Å². The molecule has 1 aliphatic heterocycles. The number of ether oxygens (including phenoxy) is 2. The minimum atomic E-state index is 0.219. The molecule has 150 valence electrons. The molecule has 0 amide bonds. The van der Waals surface area contributed by atoms with Gasteiger partial charge in [0.15, 0.2) is 5.65 Å². The van der Waals surface area contributed by atoms with Crippen LogP contribution in [0, 0.1) is 0 Å². The summed E-state index contributed by atoms with van der Waals surface area (Å²) in [5.41, 5.74) is 2.06. The summed E-state index contributed by atoms with van der Waals surface area (Å²) in [5, 5.41) is 5.83. The molecule has 0 spiro atoms. The fourth-order valence-electron chi connectivity index (χ4n) is 4.04. The Balaban J connectivity index is 1.26. The lowest BCUT2D eigenvalue weighted by Crippen LogP contribution is -2.38. The number of rotatable bonds is 6. The maximum atomic E-state index is 6.42. The third-order valence-electron chi connectivity index (χ3n) is 5.61. The number of methoxy groups -OCH3 is 1. The topological polar surface area (TPSA) is 56.8 Å². The summed E-state index contributed by atoms with van der Waals surface area (Å²) in [6.07, 6.45) is 7.94. The van der Waals surface area contributed by atoms with Crippen molar-refractivity contribution < 1.29 is 9.47 Å². The average Bonchev–Trinajstić information content (AvgIpc) is 3.40. The van der Waals surface area contributed by atoms with Gasteiger partial charge in [0.2, 0.25) is 0 Å². The Hall–Kier alpha value is -3.06. The monoisotopic (exact) mass is 391 g/mol. The molecule has 3 aromatic heterocycles. The molecule has 1 aliphatic rings. The number of imidazole rings is 1. The summed E-state index contributed by atoms with van der Waals surface area (Å²) in [4.78, 5) is 6.58. The molecule has 5 rings (SSSR count). The zero-order chi connectivity index (χ0) is 19.6. The van der Waals surface area contributed by atoms with E-state index in [-0.39, 0.29) is 6.10 Å². The zero-order valence-electron chi connectivity index (χ0n) is 16.6. The minimum Gasteiger partial charge on any atom is -0.490 e. The van der Waals surface area contributed by atoms with Crippen LogP contribution in [-0.4, -0.2) is 52.1 Å². The molecule has 7 heteroatoms. The number of aromatic nitrogens is 4. The van der Waals surface area contributed by atoms with E-state index in [1.807, 2.05) is 22.8 Å². The highest BCUT2D eigenvalue weighted by Gasteiger charge is 2.22. The lowest BCUT2D eigenvalue weighted by molar-refractivity contribution is 0.173. The van der Waals surface area contributed by atoms with E-state index >= 15 is 0 Å². The number of fused-ring (bicyclic) bond motifs is 2. The summed E-state index contributed by atoms with van der Waals surface area (Å²) in [5.74, 6) is 1.96. The van der Waals surface area contributed by atoms with Crippen LogP contribution in [-0.2, 0) is 11.3 Å². The largest absolute Gasteiger partial charge is 0.490 e. The molecular formula is C22H25N5O2. The van der Waals surface area contributed by atoms with Crippen LogP contribution in [0.2, 0.25) is 0 Å². The van der Waals surface area contributed by atoms with Crippen molar-refractivity contribution >= 4 is 22.4 Å². The van der Waals surface area contributed by atoms with Gasteiger partial charge in [0, 0.05) is 63.6 Å². The molecule has 0 unspecified atom stereocenters. The molecule has 0 bridgehead atoms. The first kappa shape index (κ1) is 18.0. The summed E-state index contributed by atoms with van der Waals surface area (Å²) in [6, 6.07) is 12.5. The maximum absolute atomic E-state index is 6.42. The lowest BCUT2D eigenvalue weighted by Gasteiger charge is -2.33. The van der Waals surface area contributed by atoms with Gasteiger partial charge in [0.05, 0.1) is 12.1 Å². The minimum absolute atomic E-state index is 0.219. The molecule has 4 aromatic rings. The van der Waals surface area contributed by atoms with Gasteiger partial charge in [-0.2, -0.15) is 0 Å². The summed E-state index contributed by atoms with van der Waals surface area (Å²) in [7, 11) is 1.73. The number of benzene rings is 1. The molecule has 7 nitrogen and oxygen atoms in total. The molecule has 29 heavy (non-hydrogen) atoms. The van der Waals surface area contributed by atoms with Gasteiger partial charge in [-0.25, -0.2) is 9.50 Å². The normalized spacial score (nSPS) is 15.4. The van der Waals surface area contributed by atoms with Gasteiger partial charge < -0.3 is 18.9 Å². The SMILES string of the molecule is COCCn1ccc2c(OC3CCN(c4ccc5nccn5n4)CC3)cccc21. The van der Waals surface area contributed by atoms with Gasteiger partial charge in [-0.15, -0.1) is 5.10 Å². The van der Waals surface area contributed by atoms with Crippen molar-refractivity contribution in [2.45, 2.75) is 25.5 Å². The van der Waals surface area contributed by atoms with Gasteiger partial charge in [-0.05, 0) is 30.3 Å². The quantitative estimate of drug-likeness (QED) is 0.504. The summed E-state index contributed by atoms with van der Waals surface area (Å²) >= 11 is 0. The summed E-state index contributed by atoms with van der Waals surface area (Å²) in [6.45, 7) is 3.41. The van der Waals surface area contributed by atoms with Crippen LogP contribution in [0.3, 0.4) is 0 Å². The van der Waals surface area contributed by atoms with Crippen molar-refractivity contribution in [3.8, 4) is 5.75 Å². The van der Waals surface area contributed by atoms with Crippen LogP contribution in [0.1, 0.15) is 12.8 Å². The maximum Gasteiger partial charge on any atom is 0.153 e. The van der Waals surface area contributed by atoms with Gasteiger partial charge in [-0.1, -0.05) is 6.07 Å². The second-order valence-corrected chi connectivity index (χ2v) is 7.42. The van der Waals surface area contributed by atoms with Crippen LogP contribution < -0.4 is 9.64 Å². The zero-order valence-corrected chi connectivity index (χ0v) is 16.6. The highest BCUT2D eigenvalue weighted by molar-refractivity contribution is 5.86. The number of hydrogen-bond donors (Lipinski definition) is 0. The molecule has 0 radical (unpaired) electrons. The predicted molar refractivity (Wildman–Crippen MR) is 113 cm³/mol. The second-order valence-electron chi connectivity index (χ2n) is 7.42. The average molecular weight is 391 g/mol. The molecule has 0 N–H and O–H groups in total. The van der Waals surface area contributed by atoms with Crippen LogP contribution in [0.4, 0.5) is 5.82 Å². The van der Waals surface area contributed by atoms with Crippen molar-refractivity contribution in [1.82, 2.24) is 19.2 Å². The second kappa shape index (κ2) is 7.75. The Morgan fingerprint density at radius 2 is 1.97 bits per heavy atom. The molecular weight excluding hydrogens is 366 g/mol. The number of nitrogens with zero attached hydrogens (tertiary/aromatic N) is 5. The van der Waals surface area contributed by atoms with Crippen LogP contribution in [0.5, 0.6) is 5.75 Å².